The lowest BCUT2D eigenvalue weighted by Crippen LogP contribution is -2.61. The number of hydrogen-bond donors (Lipinski definition) is 0. The Hall–Kier alpha value is -7.56. The van der Waals surface area contributed by atoms with Crippen molar-refractivity contribution in [2.24, 2.45) is 0 Å². The summed E-state index contributed by atoms with van der Waals surface area (Å²) in [5.74, 6) is 0. The Kier molecular flexibility index (Phi) is 7.99. The lowest BCUT2D eigenvalue weighted by molar-refractivity contribution is 1.24. The number of para-hydroxylation sites is 3. The molecule has 0 bridgehead atoms. The van der Waals surface area contributed by atoms with Gasteiger partial charge in [-0.2, -0.15) is 0 Å². The van der Waals surface area contributed by atoms with Gasteiger partial charge in [-0.3, -0.25) is 0 Å². The van der Waals surface area contributed by atoms with Crippen molar-refractivity contribution in [1.82, 2.24) is 0 Å². The molecule has 0 aromatic heterocycles. The molecule has 9 aromatic rings. The lowest BCUT2D eigenvalue weighted by Gasteiger charge is -2.44. The molecule has 0 amide bonds. The van der Waals surface area contributed by atoms with Crippen molar-refractivity contribution in [3.8, 4) is 22.3 Å². The van der Waals surface area contributed by atoms with Crippen LogP contribution in [0.4, 0.5) is 51.2 Å². The third-order valence-corrected chi connectivity index (χ3v) is 11.5. The van der Waals surface area contributed by atoms with Gasteiger partial charge < -0.3 is 14.7 Å². The number of nitrogens with zero attached hydrogens (tertiary/aromatic N) is 3. The zero-order chi connectivity index (χ0) is 39.3. The van der Waals surface area contributed by atoms with E-state index in [9.17, 15) is 1.37 Å². The van der Waals surface area contributed by atoms with E-state index >= 15 is 0 Å². The molecule has 2 aliphatic heterocycles. The molecule has 0 N–H and O–H groups in total. The molecule has 0 unspecified atom stereocenters. The third kappa shape index (κ3) is 5.69. The summed E-state index contributed by atoms with van der Waals surface area (Å²) in [5.41, 5.74) is 17.9. The van der Waals surface area contributed by atoms with Crippen LogP contribution in [0.15, 0.2) is 230 Å². The Morgan fingerprint density at radius 3 is 1.43 bits per heavy atom. The average Bonchev–Trinajstić information content (AvgIpc) is 3.30. The molecular weight excluding hydrogens is 701 g/mol. The molecule has 58 heavy (non-hydrogen) atoms. The second-order valence-corrected chi connectivity index (χ2v) is 14.9. The first-order chi connectivity index (χ1) is 29.2. The minimum Gasteiger partial charge on any atom is -0.311 e. The molecule has 0 atom stereocenters. The maximum absolute atomic E-state index is 9.41. The van der Waals surface area contributed by atoms with Gasteiger partial charge in [-0.15, -0.1) is 0 Å². The van der Waals surface area contributed by atoms with Crippen LogP contribution in [0.2, 0.25) is 0 Å². The molecule has 0 radical (unpaired) electrons. The fourth-order valence-electron chi connectivity index (χ4n) is 8.97. The summed E-state index contributed by atoms with van der Waals surface area (Å²) in [5, 5.41) is 0. The molecule has 0 aliphatic carbocycles. The van der Waals surface area contributed by atoms with Gasteiger partial charge in [-0.25, -0.2) is 0 Å². The van der Waals surface area contributed by atoms with Crippen molar-refractivity contribution in [3.63, 3.8) is 0 Å². The Morgan fingerprint density at radius 1 is 0.345 bits per heavy atom. The van der Waals surface area contributed by atoms with Crippen LogP contribution in [0.5, 0.6) is 0 Å². The van der Waals surface area contributed by atoms with E-state index in [-0.39, 0.29) is 6.71 Å². The standard InChI is InChI=1S/C54H38BN3/c1-6-17-39(18-7-1)41-29-32-46(33-30-41)57-50-36-31-42(40-19-8-2-9-20-40)37-49(50)55-48-35-34-47(56(43-21-10-3-11-22-43)44-23-12-4-13-24-44)38-53(48)58(45-25-14-5-15-26-45)52-28-16-27-51(57)54(52)55/h1-38H/i16D. The van der Waals surface area contributed by atoms with Gasteiger partial charge in [0.15, 0.2) is 0 Å². The van der Waals surface area contributed by atoms with Gasteiger partial charge in [0.1, 0.15) is 0 Å². The summed E-state index contributed by atoms with van der Waals surface area (Å²) < 4.78 is 9.41. The monoisotopic (exact) mass is 740 g/mol. The predicted molar refractivity (Wildman–Crippen MR) is 246 cm³/mol. The maximum Gasteiger partial charge on any atom is 0.252 e. The second-order valence-electron chi connectivity index (χ2n) is 14.9. The van der Waals surface area contributed by atoms with E-state index in [1.165, 1.54) is 38.6 Å². The topological polar surface area (TPSA) is 9.72 Å². The number of anilines is 9. The zero-order valence-corrected chi connectivity index (χ0v) is 31.8. The smallest absolute Gasteiger partial charge is 0.252 e. The van der Waals surface area contributed by atoms with E-state index in [4.69, 9.17) is 0 Å². The fourth-order valence-corrected chi connectivity index (χ4v) is 8.97. The number of hydrogen-bond acceptors (Lipinski definition) is 3. The van der Waals surface area contributed by atoms with Gasteiger partial charge in [-0.05, 0) is 118 Å². The van der Waals surface area contributed by atoms with E-state index in [2.05, 4.69) is 239 Å². The van der Waals surface area contributed by atoms with Gasteiger partial charge in [0, 0.05) is 51.2 Å². The summed E-state index contributed by atoms with van der Waals surface area (Å²) in [4.78, 5) is 7.08. The minimum absolute atomic E-state index is 0.0926. The lowest BCUT2D eigenvalue weighted by atomic mass is 9.33. The third-order valence-electron chi connectivity index (χ3n) is 11.5. The molecular formula is C54H38BN3. The van der Waals surface area contributed by atoms with Gasteiger partial charge in [-0.1, -0.05) is 152 Å². The molecule has 0 saturated carbocycles. The molecule has 0 saturated heterocycles. The quantitative estimate of drug-likeness (QED) is 0.151. The highest BCUT2D eigenvalue weighted by Crippen LogP contribution is 2.46. The van der Waals surface area contributed by atoms with Crippen molar-refractivity contribution >= 4 is 74.3 Å². The van der Waals surface area contributed by atoms with Crippen LogP contribution in [0.1, 0.15) is 1.37 Å². The van der Waals surface area contributed by atoms with Crippen LogP contribution >= 0.6 is 0 Å². The Bertz CT molecular complexity index is 2900. The van der Waals surface area contributed by atoms with Crippen LogP contribution in [-0.2, 0) is 0 Å². The molecule has 0 fully saturated rings. The van der Waals surface area contributed by atoms with Crippen molar-refractivity contribution in [2.45, 2.75) is 0 Å². The largest absolute Gasteiger partial charge is 0.311 e. The van der Waals surface area contributed by atoms with Crippen LogP contribution < -0.4 is 31.1 Å². The number of benzene rings is 9. The van der Waals surface area contributed by atoms with E-state index in [1.54, 1.807) is 0 Å². The molecule has 4 heteroatoms. The van der Waals surface area contributed by atoms with E-state index in [1.807, 2.05) is 0 Å². The molecule has 2 heterocycles. The normalized spacial score (nSPS) is 12.6. The predicted octanol–water partition coefficient (Wildman–Crippen LogP) is 12.6. The average molecular weight is 741 g/mol. The Balaban J connectivity index is 1.17. The van der Waals surface area contributed by atoms with Crippen LogP contribution in [0.3, 0.4) is 0 Å². The molecule has 272 valence electrons. The van der Waals surface area contributed by atoms with Gasteiger partial charge in [0.05, 0.1) is 1.37 Å². The van der Waals surface area contributed by atoms with Crippen LogP contribution in [0.25, 0.3) is 22.3 Å². The zero-order valence-electron chi connectivity index (χ0n) is 32.8. The highest BCUT2D eigenvalue weighted by molar-refractivity contribution is 7.00. The van der Waals surface area contributed by atoms with Crippen LogP contribution in [-0.4, -0.2) is 6.71 Å². The first kappa shape index (κ1) is 32.7. The van der Waals surface area contributed by atoms with Crippen molar-refractivity contribution in [1.29, 1.82) is 0 Å². The van der Waals surface area contributed by atoms with Crippen LogP contribution in [0, 0.1) is 0 Å². The van der Waals surface area contributed by atoms with Gasteiger partial charge >= 0.3 is 0 Å². The summed E-state index contributed by atoms with van der Waals surface area (Å²) in [6.45, 7) is -0.0926. The first-order valence-electron chi connectivity index (χ1n) is 20.4. The minimum atomic E-state index is -0.0926. The highest BCUT2D eigenvalue weighted by Gasteiger charge is 2.43. The van der Waals surface area contributed by atoms with Crippen molar-refractivity contribution < 1.29 is 1.37 Å². The SMILES string of the molecule is [2H]c1cc2c3c(c1)N(c1ccccc1)c1cc(N(c4ccccc4)c4ccccc4)ccc1B3c1cc(-c3ccccc3)ccc1N2c1ccc(-c2ccccc2)cc1. The highest BCUT2D eigenvalue weighted by atomic mass is 15.2. The van der Waals surface area contributed by atoms with Gasteiger partial charge in [0.2, 0.25) is 0 Å². The summed E-state index contributed by atoms with van der Waals surface area (Å²) in [7, 11) is 0. The number of rotatable bonds is 7. The van der Waals surface area contributed by atoms with Gasteiger partial charge in [0.25, 0.3) is 6.71 Å². The summed E-state index contributed by atoms with van der Waals surface area (Å²) in [6.07, 6.45) is 0. The fraction of sp³-hybridized carbons (Fsp3) is 0. The second kappa shape index (κ2) is 14.2. The van der Waals surface area contributed by atoms with E-state index < -0.39 is 0 Å². The van der Waals surface area contributed by atoms with E-state index in [0.29, 0.717) is 6.04 Å². The molecule has 11 rings (SSSR count). The Labute approximate surface area is 341 Å². The Morgan fingerprint density at radius 2 is 0.828 bits per heavy atom. The summed E-state index contributed by atoms with van der Waals surface area (Å²) >= 11 is 0. The molecule has 3 nitrogen and oxygen atoms in total. The van der Waals surface area contributed by atoms with E-state index in [0.717, 1.165) is 51.2 Å². The summed E-state index contributed by atoms with van der Waals surface area (Å²) in [6, 6.07) is 80.3. The van der Waals surface area contributed by atoms with Crippen molar-refractivity contribution in [2.75, 3.05) is 14.7 Å². The molecule has 9 aromatic carbocycles. The molecule has 2 aliphatic rings. The number of fused-ring (bicyclic) bond motifs is 4. The van der Waals surface area contributed by atoms with Crippen molar-refractivity contribution in [3.05, 3.63) is 230 Å². The maximum atomic E-state index is 9.41. The first-order valence-corrected chi connectivity index (χ1v) is 19.9. The molecule has 0 spiro atoms.